The highest BCUT2D eigenvalue weighted by atomic mass is 16.7. The Labute approximate surface area is 248 Å². The highest BCUT2D eigenvalue weighted by molar-refractivity contribution is 6.06. The molecule has 42 heavy (non-hydrogen) atoms. The van der Waals surface area contributed by atoms with E-state index in [2.05, 4.69) is 27.8 Å². The van der Waals surface area contributed by atoms with Gasteiger partial charge in [-0.2, -0.15) is 0 Å². The van der Waals surface area contributed by atoms with Crippen molar-refractivity contribution in [2.45, 2.75) is 83.3 Å². The lowest BCUT2D eigenvalue weighted by Gasteiger charge is -2.33. The fourth-order valence-corrected chi connectivity index (χ4v) is 4.99. The number of ether oxygens (including phenoxy) is 3. The van der Waals surface area contributed by atoms with E-state index in [0.717, 1.165) is 66.8 Å². The number of nitrogens with one attached hydrogen (secondary N) is 3. The summed E-state index contributed by atoms with van der Waals surface area (Å²) >= 11 is 0. The molecule has 4 rings (SSSR count). The molecule has 0 aromatic heterocycles. The van der Waals surface area contributed by atoms with Gasteiger partial charge in [0.15, 0.2) is 0 Å². The van der Waals surface area contributed by atoms with Gasteiger partial charge in [0.05, 0.1) is 19.3 Å². The fraction of sp³-hybridized carbons (Fsp3) is 0.515. The van der Waals surface area contributed by atoms with Gasteiger partial charge in [-0.15, -0.1) is 0 Å². The summed E-state index contributed by atoms with van der Waals surface area (Å²) < 4.78 is 17.2. The summed E-state index contributed by atoms with van der Waals surface area (Å²) in [6.07, 6.45) is 4.75. The Morgan fingerprint density at radius 1 is 1.07 bits per heavy atom. The number of aliphatic hydroxyl groups excluding tert-OH is 1. The van der Waals surface area contributed by atoms with Crippen LogP contribution in [0, 0.1) is 11.8 Å². The standard InChI is InChI=1S/C33H43N3O6/c1-32(2)41-23-27-20-26(14-15-29(27)42-32)28(37)22-34-16-7-4-5-8-17-40-18-9-6-11-24-12-10-13-25(19-24)21-33(3)30(38)35-31(39)36-33/h10,12-15,19-20,28,34,37H,4-5,7-9,16-18,21-23H2,1-3H3,(H2,35,36,38,39)/t28-,33+/m1/s1. The number of carbonyl (C=O) groups is 2. The number of hydrogen-bond acceptors (Lipinski definition) is 7. The second-order valence-electron chi connectivity index (χ2n) is 11.6. The second-order valence-corrected chi connectivity index (χ2v) is 11.6. The first-order valence-electron chi connectivity index (χ1n) is 14.8. The predicted molar refractivity (Wildman–Crippen MR) is 160 cm³/mol. The Hall–Kier alpha value is -3.42. The largest absolute Gasteiger partial charge is 0.463 e. The molecule has 2 aliphatic rings. The zero-order valence-corrected chi connectivity index (χ0v) is 24.9. The number of amides is 3. The molecule has 1 saturated heterocycles. The average molecular weight is 578 g/mol. The first-order valence-corrected chi connectivity index (χ1v) is 14.8. The molecular weight excluding hydrogens is 534 g/mol. The number of fused-ring (bicyclic) bond motifs is 1. The van der Waals surface area contributed by atoms with Crippen LogP contribution < -0.4 is 20.7 Å². The van der Waals surface area contributed by atoms with Gasteiger partial charge >= 0.3 is 6.03 Å². The Balaban J connectivity index is 1.01. The van der Waals surface area contributed by atoms with Crippen LogP contribution >= 0.6 is 0 Å². The number of urea groups is 1. The minimum Gasteiger partial charge on any atom is -0.463 e. The van der Waals surface area contributed by atoms with Crippen molar-refractivity contribution in [1.82, 2.24) is 16.0 Å². The summed E-state index contributed by atoms with van der Waals surface area (Å²) in [5.41, 5.74) is 2.70. The Morgan fingerprint density at radius 3 is 2.71 bits per heavy atom. The molecule has 2 heterocycles. The molecule has 2 aromatic rings. The summed E-state index contributed by atoms with van der Waals surface area (Å²) in [4.78, 5) is 23.5. The predicted octanol–water partition coefficient (Wildman–Crippen LogP) is 4.11. The maximum absolute atomic E-state index is 12.1. The summed E-state index contributed by atoms with van der Waals surface area (Å²) in [6, 6.07) is 13.1. The number of rotatable bonds is 14. The van der Waals surface area contributed by atoms with Crippen LogP contribution in [0.5, 0.6) is 5.75 Å². The average Bonchev–Trinajstić information content (AvgIpc) is 3.20. The molecule has 0 saturated carbocycles. The van der Waals surface area contributed by atoms with Crippen LogP contribution in [0.25, 0.3) is 0 Å². The number of hydrogen-bond donors (Lipinski definition) is 4. The van der Waals surface area contributed by atoms with E-state index in [1.54, 1.807) is 6.92 Å². The van der Waals surface area contributed by atoms with E-state index in [4.69, 9.17) is 14.2 Å². The van der Waals surface area contributed by atoms with Crippen molar-refractivity contribution in [1.29, 1.82) is 0 Å². The first kappa shape index (κ1) is 31.5. The Bertz CT molecular complexity index is 1300. The van der Waals surface area contributed by atoms with Crippen molar-refractivity contribution < 1.29 is 28.9 Å². The van der Waals surface area contributed by atoms with Crippen LogP contribution in [0.2, 0.25) is 0 Å². The molecule has 2 aromatic carbocycles. The summed E-state index contributed by atoms with van der Waals surface area (Å²) in [5.74, 6) is 6.18. The monoisotopic (exact) mass is 577 g/mol. The number of aliphatic hydroxyl groups is 1. The van der Waals surface area contributed by atoms with Crippen LogP contribution in [-0.2, 0) is 27.3 Å². The van der Waals surface area contributed by atoms with Crippen molar-refractivity contribution in [3.05, 3.63) is 64.7 Å². The maximum Gasteiger partial charge on any atom is 0.322 e. The van der Waals surface area contributed by atoms with Crippen LogP contribution in [0.1, 0.15) is 81.2 Å². The molecule has 3 amide bonds. The number of carbonyl (C=O) groups excluding carboxylic acids is 2. The molecule has 226 valence electrons. The van der Waals surface area contributed by atoms with Crippen molar-refractivity contribution in [3.8, 4) is 17.6 Å². The van der Waals surface area contributed by atoms with E-state index in [1.807, 2.05) is 56.3 Å². The van der Waals surface area contributed by atoms with Gasteiger partial charge in [0, 0.05) is 51.0 Å². The van der Waals surface area contributed by atoms with E-state index in [-0.39, 0.29) is 5.91 Å². The smallest absolute Gasteiger partial charge is 0.322 e. The van der Waals surface area contributed by atoms with E-state index in [9.17, 15) is 14.7 Å². The lowest BCUT2D eigenvalue weighted by atomic mass is 9.92. The molecule has 9 heteroatoms. The van der Waals surface area contributed by atoms with E-state index < -0.39 is 23.5 Å². The first-order chi connectivity index (χ1) is 20.1. The zero-order valence-electron chi connectivity index (χ0n) is 24.9. The Morgan fingerprint density at radius 2 is 1.90 bits per heavy atom. The van der Waals surface area contributed by atoms with Gasteiger partial charge in [0.1, 0.15) is 11.3 Å². The molecule has 2 aliphatic heterocycles. The third-order valence-electron chi connectivity index (χ3n) is 7.34. The third-order valence-corrected chi connectivity index (χ3v) is 7.34. The molecule has 0 bridgehead atoms. The van der Waals surface area contributed by atoms with Gasteiger partial charge < -0.3 is 30.0 Å². The molecule has 2 atom stereocenters. The van der Waals surface area contributed by atoms with Gasteiger partial charge in [0.25, 0.3) is 5.91 Å². The molecule has 9 nitrogen and oxygen atoms in total. The van der Waals surface area contributed by atoms with Crippen molar-refractivity contribution in [2.75, 3.05) is 26.3 Å². The third kappa shape index (κ3) is 9.30. The topological polar surface area (TPSA) is 118 Å². The van der Waals surface area contributed by atoms with E-state index in [1.165, 1.54) is 0 Å². The number of unbranched alkanes of at least 4 members (excludes halogenated alkanes) is 3. The van der Waals surface area contributed by atoms with Gasteiger partial charge in [-0.25, -0.2) is 4.79 Å². The van der Waals surface area contributed by atoms with Crippen molar-refractivity contribution in [3.63, 3.8) is 0 Å². The summed E-state index contributed by atoms with van der Waals surface area (Å²) in [7, 11) is 0. The van der Waals surface area contributed by atoms with E-state index in [0.29, 0.717) is 32.6 Å². The van der Waals surface area contributed by atoms with Gasteiger partial charge in [0.2, 0.25) is 5.79 Å². The molecule has 0 spiro atoms. The SMILES string of the molecule is CC1(C)OCc2cc([C@H](O)CNCCCCCCOCCC#Cc3cccc(C[C@]4(C)NC(=O)NC4=O)c3)ccc2O1. The zero-order chi connectivity index (χ0) is 30.0. The van der Waals surface area contributed by atoms with Crippen LogP contribution in [0.15, 0.2) is 42.5 Å². The lowest BCUT2D eigenvalue weighted by molar-refractivity contribution is -0.180. The molecule has 1 fully saturated rings. The van der Waals surface area contributed by atoms with Gasteiger partial charge in [-0.3, -0.25) is 10.1 Å². The minimum absolute atomic E-state index is 0.313. The molecule has 4 N–H and O–H groups in total. The van der Waals surface area contributed by atoms with Crippen molar-refractivity contribution >= 4 is 11.9 Å². The van der Waals surface area contributed by atoms with Crippen LogP contribution in [-0.4, -0.2) is 54.7 Å². The minimum atomic E-state index is -0.941. The normalized spacial score (nSPS) is 19.6. The summed E-state index contributed by atoms with van der Waals surface area (Å²) in [5, 5.41) is 18.9. The van der Waals surface area contributed by atoms with Gasteiger partial charge in [-0.1, -0.05) is 42.9 Å². The molecular formula is C33H43N3O6. The highest BCUT2D eigenvalue weighted by Gasteiger charge is 2.41. The summed E-state index contributed by atoms with van der Waals surface area (Å²) in [6.45, 7) is 8.67. The maximum atomic E-state index is 12.1. The van der Waals surface area contributed by atoms with Crippen molar-refractivity contribution in [2.24, 2.45) is 0 Å². The van der Waals surface area contributed by atoms with Gasteiger partial charge in [-0.05, 0) is 61.7 Å². The molecule has 0 aliphatic carbocycles. The van der Waals surface area contributed by atoms with Crippen LogP contribution in [0.3, 0.4) is 0 Å². The quantitative estimate of drug-likeness (QED) is 0.152. The highest BCUT2D eigenvalue weighted by Crippen LogP contribution is 2.32. The number of imide groups is 1. The lowest BCUT2D eigenvalue weighted by Crippen LogP contribution is -2.45. The molecule has 0 radical (unpaired) electrons. The fourth-order valence-electron chi connectivity index (χ4n) is 4.99. The van der Waals surface area contributed by atoms with E-state index >= 15 is 0 Å². The number of benzene rings is 2. The van der Waals surface area contributed by atoms with Crippen LogP contribution in [0.4, 0.5) is 4.79 Å². The molecule has 0 unspecified atom stereocenters. The Kier molecular flexibility index (Phi) is 11.0. The second kappa shape index (κ2) is 14.7.